The Morgan fingerprint density at radius 3 is 2.30 bits per heavy atom. The van der Waals surface area contributed by atoms with Crippen molar-refractivity contribution in [2.75, 3.05) is 13.1 Å². The molecule has 0 unspecified atom stereocenters. The summed E-state index contributed by atoms with van der Waals surface area (Å²) in [4.78, 5) is 27.6. The average molecular weight is 396 g/mol. The molecule has 2 heterocycles. The van der Waals surface area contributed by atoms with Crippen molar-refractivity contribution in [1.29, 1.82) is 0 Å². The SMILES string of the molecule is Cn1cc(C(=O)C(=O)N2CCCCC2)c2cc(-c3ccc4ccccc4c3)ccc21. The van der Waals surface area contributed by atoms with Crippen LogP contribution in [-0.2, 0) is 11.8 Å². The van der Waals surface area contributed by atoms with Gasteiger partial charge >= 0.3 is 0 Å². The van der Waals surface area contributed by atoms with Crippen molar-refractivity contribution in [2.24, 2.45) is 7.05 Å². The summed E-state index contributed by atoms with van der Waals surface area (Å²) in [5, 5.41) is 3.21. The van der Waals surface area contributed by atoms with Crippen molar-refractivity contribution < 1.29 is 9.59 Å². The highest BCUT2D eigenvalue weighted by Gasteiger charge is 2.27. The number of carbonyl (C=O) groups is 2. The fraction of sp³-hybridized carbons (Fsp3) is 0.231. The van der Waals surface area contributed by atoms with Gasteiger partial charge in [0.2, 0.25) is 0 Å². The highest BCUT2D eigenvalue weighted by atomic mass is 16.2. The molecule has 0 atom stereocenters. The number of aryl methyl sites for hydroxylation is 1. The second-order valence-electron chi connectivity index (χ2n) is 8.13. The van der Waals surface area contributed by atoms with Crippen LogP contribution >= 0.6 is 0 Å². The fourth-order valence-electron chi connectivity index (χ4n) is 4.48. The molecule has 0 spiro atoms. The summed E-state index contributed by atoms with van der Waals surface area (Å²) in [5.74, 6) is -0.781. The molecule has 1 saturated heterocycles. The number of ketones is 1. The lowest BCUT2D eigenvalue weighted by atomic mass is 9.98. The molecule has 3 aromatic carbocycles. The maximum absolute atomic E-state index is 13.1. The second kappa shape index (κ2) is 7.45. The number of aromatic nitrogens is 1. The number of piperidine rings is 1. The third kappa shape index (κ3) is 3.18. The van der Waals surface area contributed by atoms with Crippen molar-refractivity contribution >= 4 is 33.4 Å². The van der Waals surface area contributed by atoms with Gasteiger partial charge in [-0.3, -0.25) is 9.59 Å². The van der Waals surface area contributed by atoms with Gasteiger partial charge in [0, 0.05) is 37.2 Å². The van der Waals surface area contributed by atoms with Crippen molar-refractivity contribution in [2.45, 2.75) is 19.3 Å². The maximum atomic E-state index is 13.1. The van der Waals surface area contributed by atoms with E-state index < -0.39 is 5.78 Å². The number of rotatable bonds is 3. The minimum Gasteiger partial charge on any atom is -0.350 e. The van der Waals surface area contributed by atoms with Crippen molar-refractivity contribution in [1.82, 2.24) is 9.47 Å². The smallest absolute Gasteiger partial charge is 0.295 e. The first-order valence-corrected chi connectivity index (χ1v) is 10.5. The summed E-state index contributed by atoms with van der Waals surface area (Å²) in [5.41, 5.74) is 3.58. The highest BCUT2D eigenvalue weighted by molar-refractivity contribution is 6.45. The summed E-state index contributed by atoms with van der Waals surface area (Å²) in [6.07, 6.45) is 4.86. The maximum Gasteiger partial charge on any atom is 0.295 e. The highest BCUT2D eigenvalue weighted by Crippen LogP contribution is 2.30. The van der Waals surface area contributed by atoms with Crippen LogP contribution in [-0.4, -0.2) is 34.2 Å². The van der Waals surface area contributed by atoms with E-state index in [1.54, 1.807) is 11.1 Å². The number of amides is 1. The van der Waals surface area contributed by atoms with E-state index >= 15 is 0 Å². The summed E-state index contributed by atoms with van der Waals surface area (Å²) < 4.78 is 1.93. The van der Waals surface area contributed by atoms with E-state index in [1.165, 1.54) is 10.8 Å². The summed E-state index contributed by atoms with van der Waals surface area (Å²) >= 11 is 0. The van der Waals surface area contributed by atoms with Crippen LogP contribution in [0.25, 0.3) is 32.8 Å². The minimum absolute atomic E-state index is 0.377. The van der Waals surface area contributed by atoms with E-state index in [2.05, 4.69) is 36.4 Å². The predicted molar refractivity (Wildman–Crippen MR) is 121 cm³/mol. The zero-order chi connectivity index (χ0) is 20.7. The standard InChI is InChI=1S/C26H24N2O2/c1-27-17-23(25(29)26(30)28-13-5-2-6-14-28)22-16-21(11-12-24(22)27)20-10-9-18-7-3-4-8-19(18)15-20/h3-4,7-12,15-17H,2,5-6,13-14H2,1H3. The van der Waals surface area contributed by atoms with Crippen LogP contribution in [0.4, 0.5) is 0 Å². The summed E-state index contributed by atoms with van der Waals surface area (Å²) in [6.45, 7) is 1.36. The Balaban J connectivity index is 1.56. The Kier molecular flexibility index (Phi) is 4.62. The van der Waals surface area contributed by atoms with E-state index in [-0.39, 0.29) is 5.91 Å². The van der Waals surface area contributed by atoms with E-state index in [1.807, 2.05) is 35.9 Å². The van der Waals surface area contributed by atoms with Gasteiger partial charge in [-0.1, -0.05) is 42.5 Å². The number of nitrogens with zero attached hydrogens (tertiary/aromatic N) is 2. The number of fused-ring (bicyclic) bond motifs is 2. The largest absolute Gasteiger partial charge is 0.350 e. The van der Waals surface area contributed by atoms with Crippen LogP contribution in [0.15, 0.2) is 66.9 Å². The van der Waals surface area contributed by atoms with Crippen LogP contribution < -0.4 is 0 Å². The number of hydrogen-bond acceptors (Lipinski definition) is 2. The Morgan fingerprint density at radius 1 is 0.800 bits per heavy atom. The zero-order valence-electron chi connectivity index (χ0n) is 17.1. The lowest BCUT2D eigenvalue weighted by Gasteiger charge is -2.25. The Bertz CT molecular complexity index is 1280. The molecule has 1 amide bonds. The number of benzene rings is 3. The molecule has 1 fully saturated rings. The van der Waals surface area contributed by atoms with Crippen LogP contribution in [0.3, 0.4) is 0 Å². The van der Waals surface area contributed by atoms with Gasteiger partial charge in [0.1, 0.15) is 0 Å². The van der Waals surface area contributed by atoms with Crippen LogP contribution in [0, 0.1) is 0 Å². The molecule has 4 heteroatoms. The van der Waals surface area contributed by atoms with Gasteiger partial charge in [-0.05, 0) is 59.4 Å². The molecular weight excluding hydrogens is 372 g/mol. The van der Waals surface area contributed by atoms with E-state index in [0.717, 1.165) is 41.3 Å². The second-order valence-corrected chi connectivity index (χ2v) is 8.13. The Hall–Kier alpha value is -3.40. The van der Waals surface area contributed by atoms with Gasteiger partial charge in [0.25, 0.3) is 11.7 Å². The molecule has 150 valence electrons. The molecule has 5 rings (SSSR count). The van der Waals surface area contributed by atoms with E-state index in [9.17, 15) is 9.59 Å². The average Bonchev–Trinajstić information content (AvgIpc) is 3.14. The topological polar surface area (TPSA) is 42.3 Å². The molecule has 0 bridgehead atoms. The number of Topliss-reactive ketones (excluding diaryl/α,β-unsaturated/α-hetero) is 1. The molecule has 1 aliphatic rings. The zero-order valence-corrected chi connectivity index (χ0v) is 17.1. The van der Waals surface area contributed by atoms with Gasteiger partial charge in [0.15, 0.2) is 0 Å². The predicted octanol–water partition coefficient (Wildman–Crippen LogP) is 5.19. The summed E-state index contributed by atoms with van der Waals surface area (Å²) in [7, 11) is 1.92. The van der Waals surface area contributed by atoms with E-state index in [4.69, 9.17) is 0 Å². The number of hydrogen-bond donors (Lipinski definition) is 0. The van der Waals surface area contributed by atoms with E-state index in [0.29, 0.717) is 18.7 Å². The third-order valence-electron chi connectivity index (χ3n) is 6.15. The first-order chi connectivity index (χ1) is 14.6. The van der Waals surface area contributed by atoms with Gasteiger partial charge in [-0.25, -0.2) is 0 Å². The van der Waals surface area contributed by atoms with Gasteiger partial charge in [-0.15, -0.1) is 0 Å². The molecule has 1 aromatic heterocycles. The lowest BCUT2D eigenvalue weighted by Crippen LogP contribution is -2.40. The van der Waals surface area contributed by atoms with Crippen LogP contribution in [0.1, 0.15) is 29.6 Å². The fourth-order valence-corrected chi connectivity index (χ4v) is 4.48. The lowest BCUT2D eigenvalue weighted by molar-refractivity contribution is -0.127. The molecule has 1 aliphatic heterocycles. The number of carbonyl (C=O) groups excluding carboxylic acids is 2. The molecule has 0 saturated carbocycles. The van der Waals surface area contributed by atoms with Crippen LogP contribution in [0.5, 0.6) is 0 Å². The molecule has 0 radical (unpaired) electrons. The first kappa shape index (κ1) is 18.6. The Morgan fingerprint density at radius 2 is 1.50 bits per heavy atom. The van der Waals surface area contributed by atoms with Crippen molar-refractivity contribution in [3.63, 3.8) is 0 Å². The first-order valence-electron chi connectivity index (χ1n) is 10.5. The molecule has 4 aromatic rings. The monoisotopic (exact) mass is 396 g/mol. The Labute approximate surface area is 175 Å². The summed E-state index contributed by atoms with van der Waals surface area (Å²) in [6, 6.07) is 20.8. The minimum atomic E-state index is -0.404. The van der Waals surface area contributed by atoms with Gasteiger partial charge in [-0.2, -0.15) is 0 Å². The van der Waals surface area contributed by atoms with Gasteiger partial charge < -0.3 is 9.47 Å². The molecular formula is C26H24N2O2. The quantitative estimate of drug-likeness (QED) is 0.353. The van der Waals surface area contributed by atoms with Crippen molar-refractivity contribution in [3.05, 3.63) is 72.4 Å². The normalized spacial score (nSPS) is 14.4. The van der Waals surface area contributed by atoms with Gasteiger partial charge in [0.05, 0.1) is 5.56 Å². The third-order valence-corrected chi connectivity index (χ3v) is 6.15. The van der Waals surface area contributed by atoms with Crippen molar-refractivity contribution in [3.8, 4) is 11.1 Å². The molecule has 30 heavy (non-hydrogen) atoms. The molecule has 0 aliphatic carbocycles. The molecule has 4 nitrogen and oxygen atoms in total. The molecule has 0 N–H and O–H groups in total. The van der Waals surface area contributed by atoms with Crippen LogP contribution in [0.2, 0.25) is 0 Å². The number of likely N-dealkylation sites (tertiary alicyclic amines) is 1.